The maximum absolute atomic E-state index is 11.7. The Morgan fingerprint density at radius 3 is 2.72 bits per heavy atom. The Morgan fingerprint density at radius 1 is 1.33 bits per heavy atom. The van der Waals surface area contributed by atoms with E-state index in [-0.39, 0.29) is 18.2 Å². The number of aliphatic hydroxyl groups is 1. The molecule has 1 aliphatic rings. The van der Waals surface area contributed by atoms with E-state index < -0.39 is 0 Å². The van der Waals surface area contributed by atoms with Crippen LogP contribution in [0.1, 0.15) is 31.4 Å². The van der Waals surface area contributed by atoms with Gasteiger partial charge < -0.3 is 10.4 Å². The van der Waals surface area contributed by atoms with Crippen LogP contribution in [-0.4, -0.2) is 28.3 Å². The van der Waals surface area contributed by atoms with E-state index in [0.717, 1.165) is 31.4 Å². The van der Waals surface area contributed by atoms with Crippen molar-refractivity contribution < 1.29 is 9.90 Å². The van der Waals surface area contributed by atoms with Gasteiger partial charge in [0.2, 0.25) is 0 Å². The third kappa shape index (κ3) is 3.70. The normalized spacial score (nSPS) is 23.4. The first-order chi connectivity index (χ1) is 8.63. The fraction of sp³-hybridized carbons (Fsp3) is 0.538. The Bertz CT molecular complexity index is 414. The van der Waals surface area contributed by atoms with Crippen molar-refractivity contribution in [3.63, 3.8) is 0 Å². The summed E-state index contributed by atoms with van der Waals surface area (Å²) >= 11 is 0. The summed E-state index contributed by atoms with van der Waals surface area (Å²) in [5.74, 6) is 0.559. The molecule has 1 aliphatic carbocycles. The molecule has 2 rings (SSSR count). The molecule has 1 heterocycles. The zero-order valence-corrected chi connectivity index (χ0v) is 10.5. The maximum atomic E-state index is 11.7. The van der Waals surface area contributed by atoms with E-state index in [1.807, 2.05) is 19.1 Å². The number of carbonyl (C=O) groups excluding carboxylic acids is 1. The number of aryl methyl sites for hydroxylation is 1. The number of amides is 2. The van der Waals surface area contributed by atoms with Gasteiger partial charge in [0, 0.05) is 11.7 Å². The smallest absolute Gasteiger partial charge is 0.320 e. The largest absolute Gasteiger partial charge is 0.393 e. The first-order valence-electron chi connectivity index (χ1n) is 6.33. The highest BCUT2D eigenvalue weighted by Crippen LogP contribution is 2.18. The Kier molecular flexibility index (Phi) is 4.15. The van der Waals surface area contributed by atoms with Crippen LogP contribution in [0.25, 0.3) is 0 Å². The van der Waals surface area contributed by atoms with Gasteiger partial charge in [0.15, 0.2) is 0 Å². The third-order valence-corrected chi connectivity index (χ3v) is 3.16. The molecule has 0 aliphatic heterocycles. The van der Waals surface area contributed by atoms with Crippen molar-refractivity contribution in [1.82, 2.24) is 10.3 Å². The molecule has 1 saturated carbocycles. The Labute approximate surface area is 107 Å². The quantitative estimate of drug-likeness (QED) is 0.748. The summed E-state index contributed by atoms with van der Waals surface area (Å²) in [5, 5.41) is 15.0. The van der Waals surface area contributed by atoms with Gasteiger partial charge in [-0.1, -0.05) is 6.07 Å². The van der Waals surface area contributed by atoms with Crippen LogP contribution in [0.5, 0.6) is 0 Å². The van der Waals surface area contributed by atoms with Gasteiger partial charge in [-0.05, 0) is 44.7 Å². The average molecular weight is 249 g/mol. The summed E-state index contributed by atoms with van der Waals surface area (Å²) in [4.78, 5) is 16.0. The molecule has 98 valence electrons. The molecule has 0 saturated heterocycles. The zero-order chi connectivity index (χ0) is 13.0. The number of aromatic nitrogens is 1. The lowest BCUT2D eigenvalue weighted by Crippen LogP contribution is -2.41. The Morgan fingerprint density at radius 2 is 2.06 bits per heavy atom. The van der Waals surface area contributed by atoms with Crippen molar-refractivity contribution in [3.8, 4) is 0 Å². The van der Waals surface area contributed by atoms with Gasteiger partial charge in [0.05, 0.1) is 6.10 Å². The number of anilines is 1. The van der Waals surface area contributed by atoms with E-state index in [1.54, 1.807) is 6.07 Å². The lowest BCUT2D eigenvalue weighted by Gasteiger charge is -2.26. The van der Waals surface area contributed by atoms with Crippen LogP contribution in [0.3, 0.4) is 0 Å². The molecule has 0 bridgehead atoms. The minimum absolute atomic E-state index is 0.151. The standard InChI is InChI=1S/C13H19N3O2/c1-9-3-2-4-12(14-9)16-13(18)15-10-5-7-11(17)8-6-10/h2-4,10-11,17H,5-8H2,1H3,(H2,14,15,16,18). The van der Waals surface area contributed by atoms with Crippen molar-refractivity contribution >= 4 is 11.8 Å². The van der Waals surface area contributed by atoms with Crippen LogP contribution in [0.2, 0.25) is 0 Å². The van der Waals surface area contributed by atoms with Crippen molar-refractivity contribution in [1.29, 1.82) is 0 Å². The van der Waals surface area contributed by atoms with Crippen LogP contribution in [0, 0.1) is 6.92 Å². The highest BCUT2D eigenvalue weighted by molar-refractivity contribution is 5.88. The number of hydrogen-bond acceptors (Lipinski definition) is 3. The third-order valence-electron chi connectivity index (χ3n) is 3.16. The number of pyridine rings is 1. The summed E-state index contributed by atoms with van der Waals surface area (Å²) in [6.45, 7) is 1.88. The van der Waals surface area contributed by atoms with E-state index in [0.29, 0.717) is 5.82 Å². The number of hydrogen-bond donors (Lipinski definition) is 3. The molecule has 0 spiro atoms. The topological polar surface area (TPSA) is 74.2 Å². The molecule has 0 atom stereocenters. The molecule has 1 aromatic rings. The summed E-state index contributed by atoms with van der Waals surface area (Å²) in [7, 11) is 0. The van der Waals surface area contributed by atoms with Crippen LogP contribution in [0.15, 0.2) is 18.2 Å². The fourth-order valence-electron chi connectivity index (χ4n) is 2.17. The van der Waals surface area contributed by atoms with Crippen molar-refractivity contribution in [3.05, 3.63) is 23.9 Å². The number of nitrogens with zero attached hydrogens (tertiary/aromatic N) is 1. The molecule has 0 aromatic carbocycles. The maximum Gasteiger partial charge on any atom is 0.320 e. The number of aliphatic hydroxyl groups excluding tert-OH is 1. The van der Waals surface area contributed by atoms with Crippen molar-refractivity contribution in [2.45, 2.75) is 44.8 Å². The first kappa shape index (κ1) is 12.8. The molecule has 2 amide bonds. The number of carbonyl (C=O) groups is 1. The van der Waals surface area contributed by atoms with E-state index in [1.165, 1.54) is 0 Å². The predicted molar refractivity (Wildman–Crippen MR) is 69.4 cm³/mol. The van der Waals surface area contributed by atoms with Gasteiger partial charge in [0.1, 0.15) is 5.82 Å². The summed E-state index contributed by atoms with van der Waals surface area (Å²) in [6, 6.07) is 5.42. The summed E-state index contributed by atoms with van der Waals surface area (Å²) in [6.07, 6.45) is 2.97. The summed E-state index contributed by atoms with van der Waals surface area (Å²) < 4.78 is 0. The van der Waals surface area contributed by atoms with E-state index in [4.69, 9.17) is 0 Å². The molecule has 1 aromatic heterocycles. The molecule has 0 radical (unpaired) electrons. The SMILES string of the molecule is Cc1cccc(NC(=O)NC2CCC(O)CC2)n1. The molecule has 5 heteroatoms. The highest BCUT2D eigenvalue weighted by Gasteiger charge is 2.20. The van der Waals surface area contributed by atoms with Gasteiger partial charge in [-0.15, -0.1) is 0 Å². The minimum Gasteiger partial charge on any atom is -0.393 e. The Hall–Kier alpha value is -1.62. The average Bonchev–Trinajstić information content (AvgIpc) is 2.32. The molecule has 3 N–H and O–H groups in total. The Balaban J connectivity index is 1.82. The monoisotopic (exact) mass is 249 g/mol. The van der Waals surface area contributed by atoms with Crippen molar-refractivity contribution in [2.24, 2.45) is 0 Å². The van der Waals surface area contributed by atoms with Crippen LogP contribution in [0.4, 0.5) is 10.6 Å². The second-order valence-electron chi connectivity index (χ2n) is 4.77. The van der Waals surface area contributed by atoms with Crippen molar-refractivity contribution in [2.75, 3.05) is 5.32 Å². The zero-order valence-electron chi connectivity index (χ0n) is 10.5. The summed E-state index contributed by atoms with van der Waals surface area (Å²) in [5.41, 5.74) is 0.869. The molecule has 0 unspecified atom stereocenters. The number of nitrogens with one attached hydrogen (secondary N) is 2. The second-order valence-corrected chi connectivity index (χ2v) is 4.77. The molecular weight excluding hydrogens is 230 g/mol. The molecule has 5 nitrogen and oxygen atoms in total. The van der Waals surface area contributed by atoms with Gasteiger partial charge in [0.25, 0.3) is 0 Å². The van der Waals surface area contributed by atoms with Gasteiger partial charge >= 0.3 is 6.03 Å². The molecule has 18 heavy (non-hydrogen) atoms. The number of urea groups is 1. The van der Waals surface area contributed by atoms with E-state index >= 15 is 0 Å². The molecule has 1 fully saturated rings. The lowest BCUT2D eigenvalue weighted by atomic mass is 9.93. The fourth-order valence-corrected chi connectivity index (χ4v) is 2.17. The van der Waals surface area contributed by atoms with Crippen LogP contribution >= 0.6 is 0 Å². The van der Waals surface area contributed by atoms with Gasteiger partial charge in [-0.25, -0.2) is 9.78 Å². The first-order valence-corrected chi connectivity index (χ1v) is 6.33. The van der Waals surface area contributed by atoms with Gasteiger partial charge in [-0.2, -0.15) is 0 Å². The number of rotatable bonds is 2. The lowest BCUT2D eigenvalue weighted by molar-refractivity contribution is 0.118. The van der Waals surface area contributed by atoms with E-state index in [9.17, 15) is 9.90 Å². The minimum atomic E-state index is -0.227. The van der Waals surface area contributed by atoms with E-state index in [2.05, 4.69) is 15.6 Å². The predicted octanol–water partition coefficient (Wildman–Crippen LogP) is 1.82. The second kappa shape index (κ2) is 5.82. The van der Waals surface area contributed by atoms with Crippen LogP contribution in [-0.2, 0) is 0 Å². The highest BCUT2D eigenvalue weighted by atomic mass is 16.3. The van der Waals surface area contributed by atoms with Gasteiger partial charge in [-0.3, -0.25) is 5.32 Å². The molecular formula is C13H19N3O2. The van der Waals surface area contributed by atoms with Crippen LogP contribution < -0.4 is 10.6 Å².